The second kappa shape index (κ2) is 4.49. The molecule has 0 fully saturated rings. The molecule has 86 valence electrons. The zero-order valence-corrected chi connectivity index (χ0v) is 9.40. The maximum atomic E-state index is 5.96. The molecule has 0 bridgehead atoms. The molecule has 0 amide bonds. The molecule has 0 aromatic carbocycles. The highest BCUT2D eigenvalue weighted by Gasteiger charge is 2.08. The van der Waals surface area contributed by atoms with E-state index in [-0.39, 0.29) is 6.04 Å². The molecule has 0 aliphatic carbocycles. The Labute approximate surface area is 94.3 Å². The molecule has 2 rings (SSSR count). The van der Waals surface area contributed by atoms with Gasteiger partial charge in [0, 0.05) is 12.5 Å². The summed E-state index contributed by atoms with van der Waals surface area (Å²) in [7, 11) is 0. The molecule has 5 nitrogen and oxygen atoms in total. The number of rotatable bonds is 4. The van der Waals surface area contributed by atoms with Crippen LogP contribution in [-0.2, 0) is 6.42 Å². The van der Waals surface area contributed by atoms with E-state index in [2.05, 4.69) is 21.9 Å². The van der Waals surface area contributed by atoms with Crippen molar-refractivity contribution in [1.29, 1.82) is 0 Å². The first kappa shape index (κ1) is 10.9. The lowest BCUT2D eigenvalue weighted by Gasteiger charge is -2.06. The molecule has 2 aromatic rings. The van der Waals surface area contributed by atoms with Gasteiger partial charge in [-0.3, -0.25) is 0 Å². The number of pyridine rings is 1. The fourth-order valence-electron chi connectivity index (χ4n) is 1.77. The lowest BCUT2D eigenvalue weighted by Crippen LogP contribution is -2.22. The van der Waals surface area contributed by atoms with E-state index in [1.807, 2.05) is 6.07 Å². The predicted molar refractivity (Wildman–Crippen MR) is 64.9 cm³/mol. The highest BCUT2D eigenvalue weighted by atomic mass is 15.0. The molecule has 0 radical (unpaired) electrons. The van der Waals surface area contributed by atoms with Gasteiger partial charge in [-0.1, -0.05) is 13.3 Å². The summed E-state index contributed by atoms with van der Waals surface area (Å²) in [5.41, 5.74) is 13.1. The highest BCUT2D eigenvalue weighted by molar-refractivity contribution is 5.72. The van der Waals surface area contributed by atoms with Gasteiger partial charge in [0.1, 0.15) is 11.6 Å². The Hall–Kier alpha value is -1.62. The molecular formula is C11H17N5. The first-order chi connectivity index (χ1) is 7.69. The minimum Gasteiger partial charge on any atom is -0.384 e. The maximum absolute atomic E-state index is 5.96. The molecule has 0 aliphatic rings. The van der Waals surface area contributed by atoms with Gasteiger partial charge in [-0.25, -0.2) is 9.97 Å². The number of nitrogens with two attached hydrogens (primary N) is 2. The molecule has 16 heavy (non-hydrogen) atoms. The van der Waals surface area contributed by atoms with E-state index in [1.165, 1.54) is 0 Å². The number of aromatic nitrogens is 3. The van der Waals surface area contributed by atoms with Gasteiger partial charge in [-0.15, -0.1) is 0 Å². The fourth-order valence-corrected chi connectivity index (χ4v) is 1.77. The monoisotopic (exact) mass is 219 g/mol. The molecule has 2 heterocycles. The smallest absolute Gasteiger partial charge is 0.179 e. The molecule has 1 unspecified atom stereocenters. The molecule has 1 atom stereocenters. The number of H-pyrrole nitrogens is 1. The van der Waals surface area contributed by atoms with Gasteiger partial charge in [0.25, 0.3) is 0 Å². The van der Waals surface area contributed by atoms with Gasteiger partial charge in [0.15, 0.2) is 5.65 Å². The summed E-state index contributed by atoms with van der Waals surface area (Å²) in [5.74, 6) is 1.37. The van der Waals surface area contributed by atoms with Gasteiger partial charge in [-0.05, 0) is 18.6 Å². The Morgan fingerprint density at radius 3 is 2.94 bits per heavy atom. The average Bonchev–Trinajstić information content (AvgIpc) is 2.59. The van der Waals surface area contributed by atoms with Crippen molar-refractivity contribution in [1.82, 2.24) is 15.0 Å². The quantitative estimate of drug-likeness (QED) is 0.720. The van der Waals surface area contributed by atoms with Crippen molar-refractivity contribution < 1.29 is 0 Å². The number of hydrogen-bond donors (Lipinski definition) is 3. The van der Waals surface area contributed by atoms with Crippen molar-refractivity contribution >= 4 is 17.0 Å². The lowest BCUT2D eigenvalue weighted by atomic mass is 10.1. The van der Waals surface area contributed by atoms with Crippen LogP contribution < -0.4 is 11.5 Å². The van der Waals surface area contributed by atoms with Crippen LogP contribution in [0.25, 0.3) is 11.2 Å². The third kappa shape index (κ3) is 2.30. The number of imidazole rings is 1. The lowest BCUT2D eigenvalue weighted by molar-refractivity contribution is 0.588. The first-order valence-corrected chi connectivity index (χ1v) is 5.55. The second-order valence-corrected chi connectivity index (χ2v) is 4.04. The Bertz CT molecular complexity index is 476. The summed E-state index contributed by atoms with van der Waals surface area (Å²) in [5, 5.41) is 0. The molecule has 0 saturated heterocycles. The second-order valence-electron chi connectivity index (χ2n) is 4.04. The van der Waals surface area contributed by atoms with Gasteiger partial charge in [0.2, 0.25) is 0 Å². The van der Waals surface area contributed by atoms with Crippen LogP contribution in [0.5, 0.6) is 0 Å². The largest absolute Gasteiger partial charge is 0.384 e. The van der Waals surface area contributed by atoms with E-state index in [1.54, 1.807) is 6.07 Å². The zero-order chi connectivity index (χ0) is 11.5. The van der Waals surface area contributed by atoms with Gasteiger partial charge < -0.3 is 16.5 Å². The Balaban J connectivity index is 2.19. The molecule has 5 heteroatoms. The molecule has 0 saturated carbocycles. The summed E-state index contributed by atoms with van der Waals surface area (Å²) in [6, 6.07) is 3.80. The standard InChI is InChI=1S/C11H17N5/c1-2-3-7(12)6-10-14-8-4-5-9(13)15-11(8)16-10/h4-5,7H,2-3,6,12H2,1H3,(H3,13,14,15,16). The van der Waals surface area contributed by atoms with Crippen LogP contribution in [0, 0.1) is 0 Å². The van der Waals surface area contributed by atoms with E-state index in [0.29, 0.717) is 11.5 Å². The SMILES string of the molecule is CCCC(N)Cc1nc2nc(N)ccc2[nH]1. The summed E-state index contributed by atoms with van der Waals surface area (Å²) in [4.78, 5) is 11.7. The molecule has 2 aromatic heterocycles. The Kier molecular flexibility index (Phi) is 3.05. The van der Waals surface area contributed by atoms with Crippen LogP contribution in [0.4, 0.5) is 5.82 Å². The van der Waals surface area contributed by atoms with E-state index in [9.17, 15) is 0 Å². The normalized spacial score (nSPS) is 13.1. The van der Waals surface area contributed by atoms with E-state index in [4.69, 9.17) is 11.5 Å². The Morgan fingerprint density at radius 1 is 1.38 bits per heavy atom. The van der Waals surface area contributed by atoms with E-state index >= 15 is 0 Å². The van der Waals surface area contributed by atoms with Crippen LogP contribution in [0.15, 0.2) is 12.1 Å². The van der Waals surface area contributed by atoms with Crippen molar-refractivity contribution in [2.45, 2.75) is 32.2 Å². The predicted octanol–water partition coefficient (Wildman–Crippen LogP) is 1.21. The van der Waals surface area contributed by atoms with Crippen LogP contribution in [0.2, 0.25) is 0 Å². The van der Waals surface area contributed by atoms with Crippen molar-refractivity contribution in [3.05, 3.63) is 18.0 Å². The molecular weight excluding hydrogens is 202 g/mol. The van der Waals surface area contributed by atoms with Crippen LogP contribution in [0.3, 0.4) is 0 Å². The topological polar surface area (TPSA) is 93.6 Å². The maximum Gasteiger partial charge on any atom is 0.179 e. The summed E-state index contributed by atoms with van der Waals surface area (Å²) in [6.07, 6.45) is 2.85. The zero-order valence-electron chi connectivity index (χ0n) is 9.40. The van der Waals surface area contributed by atoms with E-state index < -0.39 is 0 Å². The number of nitrogen functional groups attached to an aromatic ring is 1. The highest BCUT2D eigenvalue weighted by Crippen LogP contribution is 2.12. The van der Waals surface area contributed by atoms with Crippen molar-refractivity contribution in [2.24, 2.45) is 5.73 Å². The summed E-state index contributed by atoms with van der Waals surface area (Å²) in [6.45, 7) is 2.13. The number of anilines is 1. The van der Waals surface area contributed by atoms with Crippen molar-refractivity contribution in [3.63, 3.8) is 0 Å². The molecule has 0 aliphatic heterocycles. The first-order valence-electron chi connectivity index (χ1n) is 5.55. The summed E-state index contributed by atoms with van der Waals surface area (Å²) < 4.78 is 0. The van der Waals surface area contributed by atoms with Crippen LogP contribution in [0.1, 0.15) is 25.6 Å². The third-order valence-corrected chi connectivity index (χ3v) is 2.53. The minimum atomic E-state index is 0.155. The van der Waals surface area contributed by atoms with Gasteiger partial charge in [0.05, 0.1) is 5.52 Å². The van der Waals surface area contributed by atoms with Gasteiger partial charge >= 0.3 is 0 Å². The van der Waals surface area contributed by atoms with Crippen molar-refractivity contribution in [2.75, 3.05) is 5.73 Å². The minimum absolute atomic E-state index is 0.155. The number of nitrogens with one attached hydrogen (secondary N) is 1. The van der Waals surface area contributed by atoms with Gasteiger partial charge in [-0.2, -0.15) is 0 Å². The third-order valence-electron chi connectivity index (χ3n) is 2.53. The average molecular weight is 219 g/mol. The summed E-state index contributed by atoms with van der Waals surface area (Å²) >= 11 is 0. The number of fused-ring (bicyclic) bond motifs is 1. The number of nitrogens with zero attached hydrogens (tertiary/aromatic N) is 2. The molecule has 0 spiro atoms. The number of aromatic amines is 1. The van der Waals surface area contributed by atoms with Crippen LogP contribution >= 0.6 is 0 Å². The van der Waals surface area contributed by atoms with Crippen molar-refractivity contribution in [3.8, 4) is 0 Å². The fraction of sp³-hybridized carbons (Fsp3) is 0.455. The Morgan fingerprint density at radius 2 is 2.19 bits per heavy atom. The van der Waals surface area contributed by atoms with E-state index in [0.717, 1.165) is 30.6 Å². The van der Waals surface area contributed by atoms with Crippen LogP contribution in [-0.4, -0.2) is 21.0 Å². The number of hydrogen-bond acceptors (Lipinski definition) is 4. The molecule has 5 N–H and O–H groups in total.